The lowest BCUT2D eigenvalue weighted by atomic mass is 9.72. The van der Waals surface area contributed by atoms with E-state index in [2.05, 4.69) is 54.6 Å². The van der Waals surface area contributed by atoms with Gasteiger partial charge < -0.3 is 0 Å². The van der Waals surface area contributed by atoms with Crippen LogP contribution in [0, 0.1) is 5.92 Å². The first kappa shape index (κ1) is 22.1. The first-order chi connectivity index (χ1) is 15.5. The van der Waals surface area contributed by atoms with Gasteiger partial charge in [-0.25, -0.2) is 0 Å². The van der Waals surface area contributed by atoms with Gasteiger partial charge >= 0.3 is 0 Å². The second-order valence-corrected chi connectivity index (χ2v) is 10.2. The number of fused-ring (bicyclic) bond motifs is 1. The quantitative estimate of drug-likeness (QED) is 0.336. The summed E-state index contributed by atoms with van der Waals surface area (Å²) >= 11 is 25.1. The number of hydrogen-bond acceptors (Lipinski definition) is 0. The molecule has 0 bridgehead atoms. The topological polar surface area (TPSA) is 0 Å². The highest BCUT2D eigenvalue weighted by Crippen LogP contribution is 2.55. The van der Waals surface area contributed by atoms with Crippen LogP contribution in [0.3, 0.4) is 0 Å². The molecule has 2 aliphatic carbocycles. The van der Waals surface area contributed by atoms with Crippen molar-refractivity contribution in [2.75, 3.05) is 0 Å². The van der Waals surface area contributed by atoms with Crippen LogP contribution in [0.4, 0.5) is 0 Å². The smallest absolute Gasteiger partial charge is 0.0598 e. The van der Waals surface area contributed by atoms with E-state index in [0.717, 1.165) is 18.4 Å². The van der Waals surface area contributed by atoms with Gasteiger partial charge in [0.05, 0.1) is 20.1 Å². The minimum absolute atomic E-state index is 0.295. The van der Waals surface area contributed by atoms with Crippen LogP contribution in [-0.4, -0.2) is 0 Å². The third-order valence-corrected chi connectivity index (χ3v) is 8.19. The van der Waals surface area contributed by atoms with E-state index in [-0.39, 0.29) is 0 Å². The summed E-state index contributed by atoms with van der Waals surface area (Å²) in [6, 6.07) is 22.7. The first-order valence-corrected chi connectivity index (χ1v) is 12.4. The molecule has 1 unspecified atom stereocenters. The highest BCUT2D eigenvalue weighted by Gasteiger charge is 2.41. The minimum atomic E-state index is 0.295. The molecule has 0 aliphatic heterocycles. The lowest BCUT2D eigenvalue weighted by molar-refractivity contribution is 0.427. The monoisotopic (exact) mass is 498 g/mol. The third-order valence-electron chi connectivity index (χ3n) is 6.71. The van der Waals surface area contributed by atoms with Crippen molar-refractivity contribution in [3.05, 3.63) is 121 Å². The second-order valence-electron chi connectivity index (χ2n) is 8.60. The molecule has 5 rings (SSSR count). The minimum Gasteiger partial charge on any atom is -0.0827 e. The maximum atomic E-state index is 6.44. The molecule has 0 saturated heterocycles. The summed E-state index contributed by atoms with van der Waals surface area (Å²) in [5.74, 6) is 1.07. The molecule has 0 nitrogen and oxygen atoms in total. The maximum absolute atomic E-state index is 6.44. The Hall–Kier alpha value is -1.70. The summed E-state index contributed by atoms with van der Waals surface area (Å²) < 4.78 is 0. The van der Waals surface area contributed by atoms with Crippen molar-refractivity contribution in [2.24, 2.45) is 5.92 Å². The van der Waals surface area contributed by atoms with Crippen LogP contribution < -0.4 is 0 Å². The van der Waals surface area contributed by atoms with Crippen LogP contribution in [0.1, 0.15) is 47.8 Å². The average Bonchev–Trinajstić information content (AvgIpc) is 3.19. The average molecular weight is 500 g/mol. The Labute approximate surface area is 209 Å². The zero-order valence-electron chi connectivity index (χ0n) is 17.4. The summed E-state index contributed by atoms with van der Waals surface area (Å²) in [6.45, 7) is 0. The molecule has 0 radical (unpaired) electrons. The van der Waals surface area contributed by atoms with Crippen molar-refractivity contribution in [3.8, 4) is 0 Å². The molecule has 4 heteroatoms. The van der Waals surface area contributed by atoms with Gasteiger partial charge in [-0.05, 0) is 77.3 Å². The Morgan fingerprint density at radius 1 is 0.719 bits per heavy atom. The Morgan fingerprint density at radius 3 is 2.16 bits per heavy atom. The fraction of sp³-hybridized carbons (Fsp3) is 0.214. The van der Waals surface area contributed by atoms with Crippen molar-refractivity contribution >= 4 is 52.5 Å². The van der Waals surface area contributed by atoms with Crippen molar-refractivity contribution in [1.82, 2.24) is 0 Å². The fourth-order valence-corrected chi connectivity index (χ4v) is 5.91. The standard InChI is InChI=1S/C28H22Cl4/c29-24-11-9-17(14-26(24)31)13-19-7-4-8-21-22(19)16-23(18-5-2-1-3-6-18)28(21)20-10-12-25(30)27(32)15-20/h1-3,5-6,9-16,21,23,28H,4,7-8H2/b19-13+/t21?,23-,28+/m1/s1. The Kier molecular flexibility index (Phi) is 6.41. The molecule has 2 aliphatic rings. The highest BCUT2D eigenvalue weighted by atomic mass is 35.5. The molecule has 0 heterocycles. The van der Waals surface area contributed by atoms with Gasteiger partial charge in [0, 0.05) is 11.8 Å². The molecule has 0 spiro atoms. The Morgan fingerprint density at radius 2 is 1.44 bits per heavy atom. The number of halogens is 4. The highest BCUT2D eigenvalue weighted by molar-refractivity contribution is 6.42. The van der Waals surface area contributed by atoms with Crippen LogP contribution in [0.15, 0.2) is 84.0 Å². The summed E-state index contributed by atoms with van der Waals surface area (Å²) in [5, 5.41) is 2.39. The van der Waals surface area contributed by atoms with E-state index in [1.165, 1.54) is 28.7 Å². The molecular formula is C28H22Cl4. The normalized spacial score (nSPS) is 23.8. The lowest BCUT2D eigenvalue weighted by Crippen LogP contribution is -2.18. The molecule has 1 fully saturated rings. The maximum Gasteiger partial charge on any atom is 0.0598 e. The molecular weight excluding hydrogens is 478 g/mol. The molecule has 0 aromatic heterocycles. The summed E-state index contributed by atoms with van der Waals surface area (Å²) in [5.41, 5.74) is 6.51. The van der Waals surface area contributed by atoms with E-state index in [0.29, 0.717) is 37.8 Å². The van der Waals surface area contributed by atoms with E-state index >= 15 is 0 Å². The molecule has 3 aromatic carbocycles. The SMILES string of the molecule is Clc1ccc(/C=C2\CCCC3C2=C[C@H](c2ccccc2)[C@H]3c2ccc(Cl)c(Cl)c2)cc1Cl. The largest absolute Gasteiger partial charge is 0.0827 e. The van der Waals surface area contributed by atoms with Gasteiger partial charge in [0.1, 0.15) is 0 Å². The Balaban J connectivity index is 1.60. The van der Waals surface area contributed by atoms with Crippen LogP contribution >= 0.6 is 46.4 Å². The van der Waals surface area contributed by atoms with Crippen molar-refractivity contribution in [1.29, 1.82) is 0 Å². The third kappa shape index (κ3) is 4.27. The number of hydrogen-bond donors (Lipinski definition) is 0. The van der Waals surface area contributed by atoms with E-state index in [1.807, 2.05) is 24.3 Å². The second kappa shape index (κ2) is 9.27. The van der Waals surface area contributed by atoms with Crippen LogP contribution in [0.25, 0.3) is 6.08 Å². The van der Waals surface area contributed by atoms with Gasteiger partial charge in [-0.3, -0.25) is 0 Å². The molecule has 3 atom stereocenters. The zero-order valence-corrected chi connectivity index (χ0v) is 20.4. The molecule has 3 aromatic rings. The van der Waals surface area contributed by atoms with Crippen molar-refractivity contribution in [3.63, 3.8) is 0 Å². The van der Waals surface area contributed by atoms with Gasteiger partial charge in [-0.1, -0.05) is 101 Å². The molecule has 0 amide bonds. The van der Waals surface area contributed by atoms with Crippen molar-refractivity contribution in [2.45, 2.75) is 31.1 Å². The van der Waals surface area contributed by atoms with Gasteiger partial charge in [0.15, 0.2) is 0 Å². The fourth-order valence-electron chi connectivity index (χ4n) is 5.30. The molecule has 0 N–H and O–H groups in total. The molecule has 162 valence electrons. The zero-order chi connectivity index (χ0) is 22.2. The predicted octanol–water partition coefficient (Wildman–Crippen LogP) is 9.99. The lowest BCUT2D eigenvalue weighted by Gasteiger charge is -2.32. The summed E-state index contributed by atoms with van der Waals surface area (Å²) in [6.07, 6.45) is 8.15. The number of benzene rings is 3. The van der Waals surface area contributed by atoms with Crippen LogP contribution in [0.5, 0.6) is 0 Å². The number of rotatable bonds is 3. The Bertz CT molecular complexity index is 1210. The molecule has 32 heavy (non-hydrogen) atoms. The summed E-state index contributed by atoms with van der Waals surface area (Å²) in [4.78, 5) is 0. The van der Waals surface area contributed by atoms with E-state index in [4.69, 9.17) is 46.4 Å². The number of allylic oxidation sites excluding steroid dienone is 3. The van der Waals surface area contributed by atoms with E-state index in [1.54, 1.807) is 0 Å². The van der Waals surface area contributed by atoms with Gasteiger partial charge in [-0.2, -0.15) is 0 Å². The summed E-state index contributed by atoms with van der Waals surface area (Å²) in [7, 11) is 0. The van der Waals surface area contributed by atoms with Gasteiger partial charge in [0.25, 0.3) is 0 Å². The van der Waals surface area contributed by atoms with Crippen molar-refractivity contribution < 1.29 is 0 Å². The molecule has 1 saturated carbocycles. The van der Waals surface area contributed by atoms with Crippen LogP contribution in [0.2, 0.25) is 20.1 Å². The van der Waals surface area contributed by atoms with Gasteiger partial charge in [0.2, 0.25) is 0 Å². The van der Waals surface area contributed by atoms with E-state index < -0.39 is 0 Å². The first-order valence-electron chi connectivity index (χ1n) is 10.9. The van der Waals surface area contributed by atoms with Crippen LogP contribution in [-0.2, 0) is 0 Å². The van der Waals surface area contributed by atoms with E-state index in [9.17, 15) is 0 Å². The van der Waals surface area contributed by atoms with Gasteiger partial charge in [-0.15, -0.1) is 0 Å². The predicted molar refractivity (Wildman–Crippen MR) is 138 cm³/mol.